The van der Waals surface area contributed by atoms with Crippen molar-refractivity contribution >= 4 is 174 Å². The zero-order valence-corrected chi connectivity index (χ0v) is 37.2. The van der Waals surface area contributed by atoms with Gasteiger partial charge in [-0.15, -0.1) is 13.1 Å². The minimum Gasteiger partial charge on any atom is 0 e. The average molecular weight is 1470 g/mol. The van der Waals surface area contributed by atoms with Crippen molar-refractivity contribution in [3.8, 4) is 0 Å². The molecule has 5 nitrogen and oxygen atoms in total. The van der Waals surface area contributed by atoms with Gasteiger partial charge in [-0.2, -0.15) is 16.2 Å². The number of hydrogen-bond acceptors (Lipinski definition) is 4. The van der Waals surface area contributed by atoms with Gasteiger partial charge in [0.2, 0.25) is 9.23 Å². The van der Waals surface area contributed by atoms with Gasteiger partial charge in [-0.05, 0) is 19.5 Å². The van der Waals surface area contributed by atoms with Gasteiger partial charge in [-0.3, -0.25) is 10.5 Å². The fraction of sp³-hybridized carbons (Fsp3) is 0.444. The van der Waals surface area contributed by atoms with Gasteiger partial charge in [-0.1, -0.05) is 6.92 Å². The molecule has 0 saturated heterocycles. The molecule has 0 amide bonds. The zero-order valence-electron chi connectivity index (χ0n) is 14.0. The van der Waals surface area contributed by atoms with Crippen LogP contribution in [0.2, 0.25) is 0 Å². The predicted molar refractivity (Wildman–Crippen MR) is 171 cm³/mol. The molecule has 0 bridgehead atoms. The van der Waals surface area contributed by atoms with Crippen LogP contribution in [0.5, 0.6) is 0 Å². The van der Waals surface area contributed by atoms with E-state index in [0.717, 1.165) is 11.3 Å². The zero-order chi connectivity index (χ0) is 22.3. The van der Waals surface area contributed by atoms with E-state index in [-0.39, 0.29) is 31.8 Å². The first-order chi connectivity index (χ1) is 11.8. The summed E-state index contributed by atoms with van der Waals surface area (Å²) in [4.78, 5) is -0.278. The van der Waals surface area contributed by atoms with E-state index in [1.807, 2.05) is 20.8 Å². The fourth-order valence-corrected chi connectivity index (χ4v) is 0.605. The third-order valence-corrected chi connectivity index (χ3v) is 1.52. The summed E-state index contributed by atoms with van der Waals surface area (Å²) >= 11 is 16.4. The Bertz CT molecular complexity index is 433. The molecule has 0 aromatic carbocycles. The standard InChI is InChI=1S/C7H9N2.C2H6N2.Cl2OS.I2.5HI.2V.W/c1-5-4-8-9-7(3)6(5)2;1-2(3)4;1-4(2)3;1-2;;;;;;;;/h1-3H3;1H3,(H3,3,4);;;5*1H;;;/q-1;;;;;;;;;+2;+3;/p-5. The number of nitrogens with one attached hydrogen (secondary N) is 1. The smallest absolute Gasteiger partial charge is 0 e. The first-order valence-electron chi connectivity index (χ1n) is 5.40. The summed E-state index contributed by atoms with van der Waals surface area (Å²) in [5.41, 5.74) is 7.96. The van der Waals surface area contributed by atoms with Gasteiger partial charge < -0.3 is 5.73 Å². The Hall–Kier alpha value is 6.25. The summed E-state index contributed by atoms with van der Waals surface area (Å²) in [6, 6.07) is 0. The van der Waals surface area contributed by atoms with Crippen LogP contribution in [0.4, 0.5) is 0 Å². The van der Waals surface area contributed by atoms with E-state index in [9.17, 15) is 0 Å². The molecule has 1 heterocycles. The molecule has 1 aromatic heterocycles. The first-order valence-corrected chi connectivity index (χ1v) is 37.0. The monoisotopic (exact) mass is 1470 g/mol. The normalized spacial score (nSPS) is 7.52. The Labute approximate surface area is 278 Å². The molecule has 27 heavy (non-hydrogen) atoms. The molecular weight excluding hydrogens is 1460 g/mol. The van der Waals surface area contributed by atoms with Gasteiger partial charge in [0.25, 0.3) is 0 Å². The molecule has 0 aliphatic heterocycles. The fourth-order valence-electron chi connectivity index (χ4n) is 0.605. The number of aromatic nitrogens is 2. The number of hydrogen-bond donors (Lipinski definition) is 2. The average Bonchev–Trinajstić information content (AvgIpc) is 2.46. The quantitative estimate of drug-likeness (QED) is 0.0899. The maximum atomic E-state index is 9.09. The molecule has 18 heteroatoms. The molecule has 0 radical (unpaired) electrons. The molecule has 1 aromatic rings. The summed E-state index contributed by atoms with van der Waals surface area (Å²) < 4.78 is 9.09. The molecule has 3 N–H and O–H groups in total. The van der Waals surface area contributed by atoms with E-state index in [0.29, 0.717) is 9.47 Å². The van der Waals surface area contributed by atoms with Gasteiger partial charge in [0, 0.05) is 79.7 Å². The topological polar surface area (TPSA) is 92.7 Å². The van der Waals surface area contributed by atoms with Crippen LogP contribution in [0, 0.1) is 32.4 Å². The Balaban J connectivity index is -0.0000000533. The molecule has 0 fully saturated rings. The van der Waals surface area contributed by atoms with Gasteiger partial charge in [0.1, 0.15) is 0 Å². The van der Waals surface area contributed by atoms with E-state index in [2.05, 4.69) is 175 Å². The molecule has 0 saturated carbocycles. The van der Waals surface area contributed by atoms with Crippen LogP contribution in [0.15, 0.2) is 0 Å². The van der Waals surface area contributed by atoms with Gasteiger partial charge in [0.05, 0.1) is 5.84 Å². The Morgan fingerprint density at radius 2 is 1.44 bits per heavy atom. The summed E-state index contributed by atoms with van der Waals surface area (Å²) in [7, 11) is 7.99. The van der Waals surface area contributed by atoms with Crippen molar-refractivity contribution in [1.29, 1.82) is 5.41 Å². The number of halogens is 9. The van der Waals surface area contributed by atoms with E-state index in [4.69, 9.17) is 15.4 Å². The van der Waals surface area contributed by atoms with Crippen molar-refractivity contribution in [2.24, 2.45) is 5.73 Å². The molecule has 163 valence electrons. The van der Waals surface area contributed by atoms with Crippen molar-refractivity contribution in [3.05, 3.63) is 23.0 Å². The SMILES string of the molecule is CC(=N)N.Cc1[c-]nnc(C)c1C.II.O=S(Cl)Cl.[I][V]([I])[I].[I][V][I].[W]. The van der Waals surface area contributed by atoms with Crippen LogP contribution in [0.3, 0.4) is 0 Å². The number of aryl methyl sites for hydroxylation is 2. The second kappa shape index (κ2) is 39.5. The van der Waals surface area contributed by atoms with Crippen molar-refractivity contribution in [1.82, 2.24) is 10.2 Å². The first kappa shape index (κ1) is 46.6. The minimum absolute atomic E-state index is 0. The van der Waals surface area contributed by atoms with Gasteiger partial charge in [-0.25, -0.2) is 4.21 Å². The Morgan fingerprint density at radius 3 is 1.59 bits per heavy atom. The van der Waals surface area contributed by atoms with Gasteiger partial charge in [0.15, 0.2) is 0 Å². The van der Waals surface area contributed by atoms with Crippen LogP contribution in [-0.4, -0.2) is 20.2 Å². The third kappa shape index (κ3) is 72.0. The molecule has 1 rings (SSSR count). The molecular formula is C9H15Cl2I7N4OSV2W-. The van der Waals surface area contributed by atoms with Crippen LogP contribution in [0.1, 0.15) is 23.7 Å². The molecule has 0 atom stereocenters. The van der Waals surface area contributed by atoms with Crippen molar-refractivity contribution in [2.75, 3.05) is 0 Å². The Morgan fingerprint density at radius 1 is 1.22 bits per heavy atom. The van der Waals surface area contributed by atoms with Crippen LogP contribution in [0.25, 0.3) is 0 Å². The second-order valence-electron chi connectivity index (χ2n) is 3.27. The number of nitrogens with two attached hydrogens (primary N) is 1. The summed E-state index contributed by atoms with van der Waals surface area (Å²) in [6.45, 7) is 7.48. The number of nitrogens with zero attached hydrogens (tertiary/aromatic N) is 2. The predicted octanol–water partition coefficient (Wildman–Crippen LogP) is 8.38. The van der Waals surface area contributed by atoms with E-state index in [1.54, 1.807) is 0 Å². The van der Waals surface area contributed by atoms with Crippen LogP contribution < -0.4 is 5.73 Å². The van der Waals surface area contributed by atoms with Gasteiger partial charge >= 0.3 is 114 Å². The van der Waals surface area contributed by atoms with Crippen molar-refractivity contribution in [3.63, 3.8) is 0 Å². The summed E-state index contributed by atoms with van der Waals surface area (Å²) in [6.07, 6.45) is 2.78. The summed E-state index contributed by atoms with van der Waals surface area (Å²) in [5, 5.41) is 13.8. The van der Waals surface area contributed by atoms with Crippen molar-refractivity contribution < 1.29 is 39.7 Å². The maximum absolute atomic E-state index is 9.09. The maximum Gasteiger partial charge on any atom is 0 e. The largest absolute Gasteiger partial charge is 0 e. The van der Waals surface area contributed by atoms with Crippen molar-refractivity contribution in [2.45, 2.75) is 27.7 Å². The number of rotatable bonds is 0. The molecule has 0 aliphatic rings. The third-order valence-electron chi connectivity index (χ3n) is 1.52. The Kier molecular flexibility index (Phi) is 68.1. The summed E-state index contributed by atoms with van der Waals surface area (Å²) in [5.74, 6) is 0.167. The van der Waals surface area contributed by atoms with E-state index in [1.165, 1.54) is 12.5 Å². The van der Waals surface area contributed by atoms with Crippen LogP contribution >= 0.6 is 158 Å². The molecule has 0 aliphatic carbocycles. The van der Waals surface area contributed by atoms with Crippen LogP contribution in [-0.2, 0) is 44.7 Å². The number of amidine groups is 1. The van der Waals surface area contributed by atoms with E-state index >= 15 is 0 Å². The van der Waals surface area contributed by atoms with E-state index < -0.39 is 9.23 Å². The second-order valence-corrected chi connectivity index (χ2v) is 53.0. The molecule has 0 spiro atoms. The minimum atomic E-state index is -1.67. The molecule has 0 unspecified atom stereocenters.